The van der Waals surface area contributed by atoms with E-state index in [0.717, 1.165) is 0 Å². The summed E-state index contributed by atoms with van der Waals surface area (Å²) >= 11 is 0. The van der Waals surface area contributed by atoms with Gasteiger partial charge in [0.1, 0.15) is 0 Å². The second-order valence-corrected chi connectivity index (χ2v) is 2.84. The first-order valence-corrected chi connectivity index (χ1v) is 4.39. The largest absolute Gasteiger partial charge is 0.480 e. The molecule has 4 heteroatoms. The summed E-state index contributed by atoms with van der Waals surface area (Å²) < 4.78 is 4.70. The highest BCUT2D eigenvalue weighted by Crippen LogP contribution is 2.28. The molecule has 0 saturated heterocycles. The Morgan fingerprint density at radius 1 is 1.50 bits per heavy atom. The number of carbonyl (C=O) groups excluding carboxylic acids is 1. The maximum atomic E-state index is 11.4. The number of carboxylic acids is 1. The lowest BCUT2D eigenvalue weighted by Gasteiger charge is -2.23. The average Bonchev–Trinajstić information content (AvgIpc) is 2.14. The Bertz CT molecular complexity index is 264. The van der Waals surface area contributed by atoms with Gasteiger partial charge in [-0.1, -0.05) is 6.92 Å². The third kappa shape index (κ3) is 2.25. The number of carbonyl (C=O) groups is 2. The predicted molar refractivity (Wildman–Crippen MR) is 50.4 cm³/mol. The molecule has 1 atom stereocenters. The van der Waals surface area contributed by atoms with Crippen LogP contribution in [0.15, 0.2) is 0 Å². The van der Waals surface area contributed by atoms with Gasteiger partial charge in [-0.05, 0) is 13.3 Å². The molecule has 1 N–H and O–H groups in total. The van der Waals surface area contributed by atoms with Gasteiger partial charge in [0.2, 0.25) is 0 Å². The Morgan fingerprint density at radius 3 is 2.36 bits per heavy atom. The van der Waals surface area contributed by atoms with E-state index < -0.39 is 17.4 Å². The van der Waals surface area contributed by atoms with Crippen molar-refractivity contribution in [2.45, 2.75) is 26.7 Å². The van der Waals surface area contributed by atoms with Crippen LogP contribution in [0.2, 0.25) is 0 Å². The van der Waals surface area contributed by atoms with Crippen LogP contribution in [-0.4, -0.2) is 23.7 Å². The maximum absolute atomic E-state index is 11.4. The number of rotatable bonds is 5. The van der Waals surface area contributed by atoms with Crippen molar-refractivity contribution in [3.8, 4) is 12.3 Å². The Labute approximate surface area is 83.3 Å². The normalized spacial score (nSPS) is 13.8. The Hall–Kier alpha value is -1.50. The number of hydrogen-bond donors (Lipinski definition) is 1. The standard InChI is InChI=1S/C10H14O4/c1-4-7-10(5-2,8(11)12)9(13)14-6-3/h1H,5-7H2,2-3H3,(H,11,12). The minimum atomic E-state index is -1.58. The molecule has 0 rings (SSSR count). The smallest absolute Gasteiger partial charge is 0.324 e. The Morgan fingerprint density at radius 2 is 2.07 bits per heavy atom. The molecule has 0 amide bonds. The molecule has 0 heterocycles. The second-order valence-electron chi connectivity index (χ2n) is 2.84. The van der Waals surface area contributed by atoms with Gasteiger partial charge >= 0.3 is 11.9 Å². The number of ether oxygens (including phenoxy) is 1. The van der Waals surface area contributed by atoms with Crippen LogP contribution in [0.4, 0.5) is 0 Å². The first-order chi connectivity index (χ1) is 6.55. The fraction of sp³-hybridized carbons (Fsp3) is 0.600. The van der Waals surface area contributed by atoms with Crippen LogP contribution in [0.1, 0.15) is 26.7 Å². The molecule has 0 aliphatic carbocycles. The van der Waals surface area contributed by atoms with Crippen molar-refractivity contribution < 1.29 is 19.4 Å². The molecule has 0 aliphatic heterocycles. The van der Waals surface area contributed by atoms with Crippen LogP contribution in [0, 0.1) is 17.8 Å². The van der Waals surface area contributed by atoms with Crippen LogP contribution in [0.5, 0.6) is 0 Å². The molecule has 4 nitrogen and oxygen atoms in total. The van der Waals surface area contributed by atoms with Gasteiger partial charge in [-0.15, -0.1) is 12.3 Å². The summed E-state index contributed by atoms with van der Waals surface area (Å²) in [5, 5.41) is 8.96. The molecule has 0 aliphatic rings. The average molecular weight is 198 g/mol. The minimum absolute atomic E-state index is 0.130. The summed E-state index contributed by atoms with van der Waals surface area (Å²) in [5.41, 5.74) is -1.58. The lowest BCUT2D eigenvalue weighted by atomic mass is 9.82. The summed E-state index contributed by atoms with van der Waals surface area (Å²) in [4.78, 5) is 22.4. The van der Waals surface area contributed by atoms with E-state index in [2.05, 4.69) is 5.92 Å². The highest BCUT2D eigenvalue weighted by molar-refractivity contribution is 5.99. The molecule has 0 bridgehead atoms. The lowest BCUT2D eigenvalue weighted by Crippen LogP contribution is -2.40. The van der Waals surface area contributed by atoms with Crippen molar-refractivity contribution in [1.82, 2.24) is 0 Å². The molecule has 14 heavy (non-hydrogen) atoms. The molecule has 0 aromatic carbocycles. The van der Waals surface area contributed by atoms with Gasteiger partial charge in [0.05, 0.1) is 6.61 Å². The summed E-state index contributed by atoms with van der Waals surface area (Å²) in [6.45, 7) is 3.37. The van der Waals surface area contributed by atoms with E-state index in [1.165, 1.54) is 0 Å². The van der Waals surface area contributed by atoms with Gasteiger partial charge < -0.3 is 9.84 Å². The monoisotopic (exact) mass is 198 g/mol. The molecule has 78 valence electrons. The molecule has 0 aromatic heterocycles. The van der Waals surface area contributed by atoms with Crippen LogP contribution < -0.4 is 0 Å². The van der Waals surface area contributed by atoms with E-state index in [0.29, 0.717) is 0 Å². The first-order valence-electron chi connectivity index (χ1n) is 4.39. The summed E-state index contributed by atoms with van der Waals surface area (Å²) in [6.07, 6.45) is 5.03. The number of esters is 1. The third-order valence-corrected chi connectivity index (χ3v) is 2.08. The topological polar surface area (TPSA) is 63.6 Å². The number of carboxylic acid groups (broad SMARTS) is 1. The fourth-order valence-electron chi connectivity index (χ4n) is 1.10. The van der Waals surface area contributed by atoms with Crippen molar-refractivity contribution in [2.75, 3.05) is 6.61 Å². The van der Waals surface area contributed by atoms with Crippen molar-refractivity contribution in [2.24, 2.45) is 5.41 Å². The minimum Gasteiger partial charge on any atom is -0.480 e. The van der Waals surface area contributed by atoms with Gasteiger partial charge in [0.25, 0.3) is 0 Å². The van der Waals surface area contributed by atoms with E-state index >= 15 is 0 Å². The van der Waals surface area contributed by atoms with Crippen LogP contribution >= 0.6 is 0 Å². The summed E-state index contributed by atoms with van der Waals surface area (Å²) in [6, 6.07) is 0. The summed E-state index contributed by atoms with van der Waals surface area (Å²) in [5.74, 6) is 0.216. The quantitative estimate of drug-likeness (QED) is 0.407. The third-order valence-electron chi connectivity index (χ3n) is 2.08. The maximum Gasteiger partial charge on any atom is 0.324 e. The van der Waals surface area contributed by atoms with E-state index in [-0.39, 0.29) is 19.4 Å². The van der Waals surface area contributed by atoms with Crippen molar-refractivity contribution in [3.05, 3.63) is 0 Å². The Balaban J connectivity index is 4.94. The summed E-state index contributed by atoms with van der Waals surface area (Å²) in [7, 11) is 0. The molecular formula is C10H14O4. The zero-order valence-electron chi connectivity index (χ0n) is 8.37. The molecule has 0 fully saturated rings. The lowest BCUT2D eigenvalue weighted by molar-refractivity contribution is -0.168. The zero-order valence-corrected chi connectivity index (χ0v) is 8.37. The zero-order chi connectivity index (χ0) is 11.2. The molecule has 0 radical (unpaired) electrons. The number of terminal acetylenes is 1. The van der Waals surface area contributed by atoms with E-state index in [1.807, 2.05) is 0 Å². The van der Waals surface area contributed by atoms with E-state index in [9.17, 15) is 9.59 Å². The van der Waals surface area contributed by atoms with Crippen molar-refractivity contribution in [3.63, 3.8) is 0 Å². The number of aliphatic carboxylic acids is 1. The fourth-order valence-corrected chi connectivity index (χ4v) is 1.10. The molecular weight excluding hydrogens is 184 g/mol. The highest BCUT2D eigenvalue weighted by Gasteiger charge is 2.45. The highest BCUT2D eigenvalue weighted by atomic mass is 16.5. The number of hydrogen-bond acceptors (Lipinski definition) is 3. The molecule has 0 saturated carbocycles. The van der Waals surface area contributed by atoms with Crippen LogP contribution in [0.3, 0.4) is 0 Å². The van der Waals surface area contributed by atoms with Gasteiger partial charge in [0, 0.05) is 6.42 Å². The van der Waals surface area contributed by atoms with Gasteiger partial charge in [0.15, 0.2) is 5.41 Å². The SMILES string of the molecule is C#CCC(CC)(C(=O)O)C(=O)OCC. The van der Waals surface area contributed by atoms with Gasteiger partial charge in [-0.2, -0.15) is 0 Å². The van der Waals surface area contributed by atoms with Gasteiger partial charge in [-0.3, -0.25) is 9.59 Å². The van der Waals surface area contributed by atoms with Crippen molar-refractivity contribution in [1.29, 1.82) is 0 Å². The molecule has 0 spiro atoms. The Kier molecular flexibility index (Phi) is 4.71. The predicted octanol–water partition coefficient (Wildman–Crippen LogP) is 1.05. The molecule has 0 aromatic rings. The van der Waals surface area contributed by atoms with Gasteiger partial charge in [-0.25, -0.2) is 0 Å². The van der Waals surface area contributed by atoms with Crippen LogP contribution in [-0.2, 0) is 14.3 Å². The van der Waals surface area contributed by atoms with Crippen LogP contribution in [0.25, 0.3) is 0 Å². The first kappa shape index (κ1) is 12.5. The van der Waals surface area contributed by atoms with Crippen molar-refractivity contribution >= 4 is 11.9 Å². The van der Waals surface area contributed by atoms with E-state index in [4.69, 9.17) is 16.3 Å². The second kappa shape index (κ2) is 5.28. The molecule has 1 unspecified atom stereocenters. The van der Waals surface area contributed by atoms with E-state index in [1.54, 1.807) is 13.8 Å².